The standard InChI is InChI=1S/C9H19FO2/c1-2-3-4-5-6-12-8-9(11)7-10/h9,11H,2-8H2,1H3/t9-/m0/s1. The zero-order valence-electron chi connectivity index (χ0n) is 7.76. The predicted octanol–water partition coefficient (Wildman–Crippen LogP) is 1.91. The Labute approximate surface area is 73.7 Å². The van der Waals surface area contributed by atoms with Crippen molar-refractivity contribution in [2.45, 2.75) is 38.7 Å². The Morgan fingerprint density at radius 1 is 1.33 bits per heavy atom. The van der Waals surface area contributed by atoms with Gasteiger partial charge in [-0.1, -0.05) is 26.2 Å². The minimum absolute atomic E-state index is 0.128. The number of rotatable bonds is 8. The van der Waals surface area contributed by atoms with Gasteiger partial charge in [0, 0.05) is 6.61 Å². The fraction of sp³-hybridized carbons (Fsp3) is 1.00. The molecule has 74 valence electrons. The van der Waals surface area contributed by atoms with Gasteiger partial charge in [0.05, 0.1) is 6.61 Å². The summed E-state index contributed by atoms with van der Waals surface area (Å²) in [6.45, 7) is 2.20. The molecule has 0 aliphatic rings. The predicted molar refractivity (Wildman–Crippen MR) is 46.9 cm³/mol. The van der Waals surface area contributed by atoms with Crippen LogP contribution in [0.3, 0.4) is 0 Å². The van der Waals surface area contributed by atoms with Crippen LogP contribution in [-0.2, 0) is 4.74 Å². The Morgan fingerprint density at radius 2 is 2.08 bits per heavy atom. The molecule has 0 heterocycles. The Balaban J connectivity index is 2.90. The summed E-state index contributed by atoms with van der Waals surface area (Å²) in [5, 5.41) is 8.76. The Bertz CT molecular complexity index is 88.6. The van der Waals surface area contributed by atoms with E-state index in [4.69, 9.17) is 9.84 Å². The van der Waals surface area contributed by atoms with E-state index in [2.05, 4.69) is 6.92 Å². The molecule has 1 N–H and O–H groups in total. The molecule has 2 nitrogen and oxygen atoms in total. The fourth-order valence-electron chi connectivity index (χ4n) is 0.895. The first-order valence-electron chi connectivity index (χ1n) is 4.63. The van der Waals surface area contributed by atoms with Crippen molar-refractivity contribution in [1.82, 2.24) is 0 Å². The maximum absolute atomic E-state index is 11.7. The topological polar surface area (TPSA) is 29.5 Å². The van der Waals surface area contributed by atoms with Gasteiger partial charge in [-0.3, -0.25) is 0 Å². The largest absolute Gasteiger partial charge is 0.388 e. The van der Waals surface area contributed by atoms with Crippen molar-refractivity contribution in [3.8, 4) is 0 Å². The molecule has 0 saturated heterocycles. The lowest BCUT2D eigenvalue weighted by Gasteiger charge is -2.06. The molecular formula is C9H19FO2. The molecule has 1 atom stereocenters. The fourth-order valence-corrected chi connectivity index (χ4v) is 0.895. The minimum Gasteiger partial charge on any atom is -0.388 e. The summed E-state index contributed by atoms with van der Waals surface area (Å²) in [5.41, 5.74) is 0. The second-order valence-electron chi connectivity index (χ2n) is 2.94. The van der Waals surface area contributed by atoms with E-state index in [1.54, 1.807) is 0 Å². The molecule has 0 aliphatic carbocycles. The van der Waals surface area contributed by atoms with Crippen LogP contribution in [0.4, 0.5) is 4.39 Å². The molecular weight excluding hydrogens is 159 g/mol. The zero-order chi connectivity index (χ0) is 9.23. The number of ether oxygens (including phenoxy) is 1. The second kappa shape index (κ2) is 8.94. The van der Waals surface area contributed by atoms with E-state index >= 15 is 0 Å². The van der Waals surface area contributed by atoms with Gasteiger partial charge in [0.1, 0.15) is 12.8 Å². The van der Waals surface area contributed by atoms with Gasteiger partial charge in [-0.2, -0.15) is 0 Å². The molecule has 0 fully saturated rings. The molecule has 0 unspecified atom stereocenters. The first kappa shape index (κ1) is 11.8. The number of hydrogen-bond acceptors (Lipinski definition) is 2. The number of hydrogen-bond donors (Lipinski definition) is 1. The first-order chi connectivity index (χ1) is 5.81. The number of alkyl halides is 1. The van der Waals surface area contributed by atoms with Gasteiger partial charge in [0.2, 0.25) is 0 Å². The molecule has 0 amide bonds. The third-order valence-corrected chi connectivity index (χ3v) is 1.63. The smallest absolute Gasteiger partial charge is 0.118 e. The summed E-state index contributed by atoms with van der Waals surface area (Å²) < 4.78 is 16.7. The van der Waals surface area contributed by atoms with Crippen molar-refractivity contribution in [2.75, 3.05) is 19.9 Å². The minimum atomic E-state index is -0.934. The van der Waals surface area contributed by atoms with Crippen LogP contribution in [0.2, 0.25) is 0 Å². The lowest BCUT2D eigenvalue weighted by Crippen LogP contribution is -2.17. The van der Waals surface area contributed by atoms with Gasteiger partial charge in [-0.15, -0.1) is 0 Å². The van der Waals surface area contributed by atoms with Crippen LogP contribution in [0.25, 0.3) is 0 Å². The lowest BCUT2D eigenvalue weighted by molar-refractivity contribution is 0.0229. The van der Waals surface area contributed by atoms with Crippen LogP contribution < -0.4 is 0 Å². The first-order valence-corrected chi connectivity index (χ1v) is 4.63. The van der Waals surface area contributed by atoms with Gasteiger partial charge in [-0.05, 0) is 6.42 Å². The molecule has 0 rings (SSSR count). The summed E-state index contributed by atoms with van der Waals surface area (Å²) >= 11 is 0. The molecule has 0 saturated carbocycles. The monoisotopic (exact) mass is 178 g/mol. The van der Waals surface area contributed by atoms with Gasteiger partial charge < -0.3 is 9.84 Å². The number of aliphatic hydroxyl groups is 1. The molecule has 12 heavy (non-hydrogen) atoms. The van der Waals surface area contributed by atoms with Gasteiger partial charge in [0.25, 0.3) is 0 Å². The van der Waals surface area contributed by atoms with E-state index in [0.717, 1.165) is 12.8 Å². The zero-order valence-corrected chi connectivity index (χ0v) is 7.76. The maximum Gasteiger partial charge on any atom is 0.118 e. The van der Waals surface area contributed by atoms with Crippen molar-refractivity contribution in [1.29, 1.82) is 0 Å². The quantitative estimate of drug-likeness (QED) is 0.575. The maximum atomic E-state index is 11.7. The molecule has 0 aliphatic heterocycles. The van der Waals surface area contributed by atoms with E-state index in [-0.39, 0.29) is 6.61 Å². The van der Waals surface area contributed by atoms with E-state index in [1.807, 2.05) is 0 Å². The average molecular weight is 178 g/mol. The molecule has 0 spiro atoms. The van der Waals surface area contributed by atoms with Crippen molar-refractivity contribution in [2.24, 2.45) is 0 Å². The van der Waals surface area contributed by atoms with Gasteiger partial charge in [-0.25, -0.2) is 4.39 Å². The van der Waals surface area contributed by atoms with E-state index < -0.39 is 12.8 Å². The second-order valence-corrected chi connectivity index (χ2v) is 2.94. The van der Waals surface area contributed by atoms with Crippen LogP contribution in [0.15, 0.2) is 0 Å². The molecule has 0 bridgehead atoms. The molecule has 3 heteroatoms. The summed E-state index contributed by atoms with van der Waals surface area (Å²) in [7, 11) is 0. The SMILES string of the molecule is CCCCCCOC[C@@H](O)CF. The highest BCUT2D eigenvalue weighted by Gasteiger charge is 2.01. The normalized spacial score (nSPS) is 13.2. The third-order valence-electron chi connectivity index (χ3n) is 1.63. The highest BCUT2D eigenvalue weighted by Crippen LogP contribution is 1.99. The van der Waals surface area contributed by atoms with E-state index in [1.165, 1.54) is 12.8 Å². The van der Waals surface area contributed by atoms with Crippen molar-refractivity contribution in [3.63, 3.8) is 0 Å². The lowest BCUT2D eigenvalue weighted by atomic mass is 10.2. The van der Waals surface area contributed by atoms with Crippen LogP contribution in [0.1, 0.15) is 32.6 Å². The summed E-state index contributed by atoms with van der Waals surface area (Å²) in [4.78, 5) is 0. The van der Waals surface area contributed by atoms with Crippen molar-refractivity contribution in [3.05, 3.63) is 0 Å². The Kier molecular flexibility index (Phi) is 8.83. The summed E-state index contributed by atoms with van der Waals surface area (Å²) in [6, 6.07) is 0. The van der Waals surface area contributed by atoms with Gasteiger partial charge >= 0.3 is 0 Å². The number of aliphatic hydroxyl groups excluding tert-OH is 1. The molecule has 0 aromatic heterocycles. The summed E-state index contributed by atoms with van der Waals surface area (Å²) in [6.07, 6.45) is 3.65. The Morgan fingerprint density at radius 3 is 2.67 bits per heavy atom. The van der Waals surface area contributed by atoms with Gasteiger partial charge in [0.15, 0.2) is 0 Å². The highest BCUT2D eigenvalue weighted by molar-refractivity contribution is 4.49. The van der Waals surface area contributed by atoms with E-state index in [0.29, 0.717) is 6.61 Å². The number of halogens is 1. The molecule has 0 aromatic carbocycles. The van der Waals surface area contributed by atoms with Crippen LogP contribution in [0.5, 0.6) is 0 Å². The van der Waals surface area contributed by atoms with Crippen molar-refractivity contribution < 1.29 is 14.2 Å². The van der Waals surface area contributed by atoms with Crippen molar-refractivity contribution >= 4 is 0 Å². The van der Waals surface area contributed by atoms with E-state index in [9.17, 15) is 4.39 Å². The highest BCUT2D eigenvalue weighted by atomic mass is 19.1. The van der Waals surface area contributed by atoms with Crippen LogP contribution in [0, 0.1) is 0 Å². The average Bonchev–Trinajstić information content (AvgIpc) is 2.10. The number of unbranched alkanes of at least 4 members (excludes halogenated alkanes) is 3. The molecule has 0 radical (unpaired) electrons. The molecule has 0 aromatic rings. The Hall–Kier alpha value is -0.150. The third kappa shape index (κ3) is 7.95. The summed E-state index contributed by atoms with van der Waals surface area (Å²) in [5.74, 6) is 0. The van der Waals surface area contributed by atoms with Crippen LogP contribution in [-0.4, -0.2) is 31.1 Å². The van der Waals surface area contributed by atoms with Crippen LogP contribution >= 0.6 is 0 Å².